The Balaban J connectivity index is 1.74. The molecule has 2 aliphatic heterocycles. The fraction of sp³-hybridized carbons (Fsp3) is 0.611. The highest BCUT2D eigenvalue weighted by Crippen LogP contribution is 2.38. The molecule has 1 aromatic rings. The molecule has 6 heteroatoms. The first-order valence-corrected chi connectivity index (χ1v) is 8.54. The molecule has 0 N–H and O–H groups in total. The van der Waals surface area contributed by atoms with Crippen LogP contribution in [0.4, 0.5) is 0 Å². The Hall–Kier alpha value is -1.79. The number of hydrogen-bond acceptors (Lipinski definition) is 5. The molecular weight excluding hydrogens is 308 g/mol. The summed E-state index contributed by atoms with van der Waals surface area (Å²) in [5, 5.41) is 0. The van der Waals surface area contributed by atoms with E-state index in [1.807, 2.05) is 23.1 Å². The number of morpholine rings is 1. The van der Waals surface area contributed by atoms with Gasteiger partial charge in [-0.1, -0.05) is 0 Å². The van der Waals surface area contributed by atoms with Gasteiger partial charge < -0.3 is 19.1 Å². The quantitative estimate of drug-likeness (QED) is 0.820. The van der Waals surface area contributed by atoms with Crippen molar-refractivity contribution in [2.24, 2.45) is 0 Å². The Labute approximate surface area is 143 Å². The molecule has 1 atom stereocenters. The summed E-state index contributed by atoms with van der Waals surface area (Å²) in [6.07, 6.45) is 2.11. The van der Waals surface area contributed by atoms with Crippen LogP contribution in [0.15, 0.2) is 18.2 Å². The Morgan fingerprint density at radius 3 is 2.71 bits per heavy atom. The molecule has 6 nitrogen and oxygen atoms in total. The van der Waals surface area contributed by atoms with Gasteiger partial charge in [0, 0.05) is 24.7 Å². The molecular formula is C18H26N2O4. The highest BCUT2D eigenvalue weighted by molar-refractivity contribution is 5.78. The van der Waals surface area contributed by atoms with Gasteiger partial charge in [0.2, 0.25) is 5.91 Å². The van der Waals surface area contributed by atoms with Crippen molar-refractivity contribution in [2.75, 3.05) is 53.6 Å². The van der Waals surface area contributed by atoms with Gasteiger partial charge in [0.15, 0.2) is 0 Å². The lowest BCUT2D eigenvalue weighted by molar-refractivity contribution is -0.136. The molecule has 1 aromatic carbocycles. The zero-order valence-electron chi connectivity index (χ0n) is 14.5. The van der Waals surface area contributed by atoms with Crippen LogP contribution >= 0.6 is 0 Å². The molecule has 0 spiro atoms. The normalized spacial score (nSPS) is 21.8. The van der Waals surface area contributed by atoms with E-state index < -0.39 is 0 Å². The third kappa shape index (κ3) is 3.65. The predicted molar refractivity (Wildman–Crippen MR) is 90.5 cm³/mol. The molecule has 0 aromatic heterocycles. The summed E-state index contributed by atoms with van der Waals surface area (Å²) in [5.74, 6) is 1.86. The van der Waals surface area contributed by atoms with E-state index in [-0.39, 0.29) is 11.9 Å². The lowest BCUT2D eigenvalue weighted by atomic mass is 10.0. The molecule has 1 amide bonds. The number of nitrogens with zero attached hydrogens (tertiary/aromatic N) is 2. The lowest BCUT2D eigenvalue weighted by Crippen LogP contribution is -2.45. The topological polar surface area (TPSA) is 51.2 Å². The van der Waals surface area contributed by atoms with Gasteiger partial charge in [-0.2, -0.15) is 0 Å². The second-order valence-corrected chi connectivity index (χ2v) is 6.23. The third-order valence-electron chi connectivity index (χ3n) is 4.86. The van der Waals surface area contributed by atoms with E-state index in [2.05, 4.69) is 4.90 Å². The molecule has 0 aliphatic carbocycles. The van der Waals surface area contributed by atoms with Crippen LogP contribution in [0.3, 0.4) is 0 Å². The SMILES string of the molecule is COc1ccc(OC)c(C2CCCN2CC(=O)N2CCOCC2)c1. The molecule has 2 fully saturated rings. The first-order chi connectivity index (χ1) is 11.7. The van der Waals surface area contributed by atoms with E-state index in [1.54, 1.807) is 14.2 Å². The minimum absolute atomic E-state index is 0.187. The summed E-state index contributed by atoms with van der Waals surface area (Å²) >= 11 is 0. The van der Waals surface area contributed by atoms with Gasteiger partial charge in [0.1, 0.15) is 11.5 Å². The maximum absolute atomic E-state index is 12.6. The van der Waals surface area contributed by atoms with E-state index in [0.29, 0.717) is 32.8 Å². The maximum Gasteiger partial charge on any atom is 0.236 e. The second kappa shape index (κ2) is 7.85. The molecule has 1 unspecified atom stereocenters. The number of benzene rings is 1. The summed E-state index contributed by atoms with van der Waals surface area (Å²) in [7, 11) is 3.35. The summed E-state index contributed by atoms with van der Waals surface area (Å²) in [6.45, 7) is 4.05. The summed E-state index contributed by atoms with van der Waals surface area (Å²) in [4.78, 5) is 16.7. The van der Waals surface area contributed by atoms with Crippen LogP contribution in [0, 0.1) is 0 Å². The molecule has 0 bridgehead atoms. The number of hydrogen-bond donors (Lipinski definition) is 0. The van der Waals surface area contributed by atoms with E-state index >= 15 is 0 Å². The first kappa shape index (κ1) is 17.0. The minimum Gasteiger partial charge on any atom is -0.497 e. The monoisotopic (exact) mass is 334 g/mol. The highest BCUT2D eigenvalue weighted by Gasteiger charge is 2.31. The fourth-order valence-corrected chi connectivity index (χ4v) is 3.55. The van der Waals surface area contributed by atoms with Crippen LogP contribution in [0.1, 0.15) is 24.4 Å². The number of carbonyl (C=O) groups excluding carboxylic acids is 1. The number of methoxy groups -OCH3 is 2. The predicted octanol–water partition coefficient (Wildman–Crippen LogP) is 1.70. The third-order valence-corrected chi connectivity index (χ3v) is 4.86. The van der Waals surface area contributed by atoms with Crippen molar-refractivity contribution < 1.29 is 19.0 Å². The minimum atomic E-state index is 0.187. The zero-order valence-corrected chi connectivity index (χ0v) is 14.5. The fourth-order valence-electron chi connectivity index (χ4n) is 3.55. The van der Waals surface area contributed by atoms with Gasteiger partial charge in [-0.25, -0.2) is 0 Å². The van der Waals surface area contributed by atoms with Crippen LogP contribution in [0.5, 0.6) is 11.5 Å². The highest BCUT2D eigenvalue weighted by atomic mass is 16.5. The largest absolute Gasteiger partial charge is 0.497 e. The standard InChI is InChI=1S/C18H26N2O4/c1-22-14-5-6-17(23-2)15(12-14)16-4-3-7-20(16)13-18(21)19-8-10-24-11-9-19/h5-6,12,16H,3-4,7-11,13H2,1-2H3. The zero-order chi connectivity index (χ0) is 16.9. The smallest absolute Gasteiger partial charge is 0.236 e. The van der Waals surface area contributed by atoms with Crippen molar-refractivity contribution in [1.82, 2.24) is 9.80 Å². The van der Waals surface area contributed by atoms with Crippen molar-refractivity contribution >= 4 is 5.91 Å². The second-order valence-electron chi connectivity index (χ2n) is 6.23. The van der Waals surface area contributed by atoms with Gasteiger partial charge in [-0.15, -0.1) is 0 Å². The Morgan fingerprint density at radius 1 is 1.21 bits per heavy atom. The van der Waals surface area contributed by atoms with E-state index in [4.69, 9.17) is 14.2 Å². The number of carbonyl (C=O) groups is 1. The number of amides is 1. The summed E-state index contributed by atoms with van der Waals surface area (Å²) in [6, 6.07) is 6.07. The average Bonchev–Trinajstić information content (AvgIpc) is 3.09. The van der Waals surface area contributed by atoms with Crippen molar-refractivity contribution in [1.29, 1.82) is 0 Å². The van der Waals surface area contributed by atoms with Crippen molar-refractivity contribution in [3.05, 3.63) is 23.8 Å². The van der Waals surface area contributed by atoms with Gasteiger partial charge >= 0.3 is 0 Å². The van der Waals surface area contributed by atoms with Crippen LogP contribution in [0.2, 0.25) is 0 Å². The Kier molecular flexibility index (Phi) is 5.58. The van der Waals surface area contributed by atoms with Crippen molar-refractivity contribution in [3.63, 3.8) is 0 Å². The van der Waals surface area contributed by atoms with Crippen LogP contribution in [-0.2, 0) is 9.53 Å². The van der Waals surface area contributed by atoms with E-state index in [0.717, 1.165) is 36.4 Å². The molecule has 2 aliphatic rings. The maximum atomic E-state index is 12.6. The lowest BCUT2D eigenvalue weighted by Gasteiger charge is -2.31. The van der Waals surface area contributed by atoms with Gasteiger partial charge in [0.05, 0.1) is 34.0 Å². The molecule has 132 valence electrons. The van der Waals surface area contributed by atoms with Gasteiger partial charge in [-0.3, -0.25) is 9.69 Å². The molecule has 2 saturated heterocycles. The van der Waals surface area contributed by atoms with E-state index in [1.165, 1.54) is 0 Å². The molecule has 0 radical (unpaired) electrons. The molecule has 3 rings (SSSR count). The van der Waals surface area contributed by atoms with E-state index in [9.17, 15) is 4.79 Å². The number of rotatable bonds is 5. The molecule has 2 heterocycles. The molecule has 0 saturated carbocycles. The van der Waals surface area contributed by atoms with Crippen LogP contribution < -0.4 is 9.47 Å². The van der Waals surface area contributed by atoms with Crippen molar-refractivity contribution in [3.8, 4) is 11.5 Å². The van der Waals surface area contributed by atoms with Crippen molar-refractivity contribution in [2.45, 2.75) is 18.9 Å². The summed E-state index contributed by atoms with van der Waals surface area (Å²) < 4.78 is 16.2. The average molecular weight is 334 g/mol. The van der Waals surface area contributed by atoms with Gasteiger partial charge in [-0.05, 0) is 37.6 Å². The first-order valence-electron chi connectivity index (χ1n) is 8.54. The number of ether oxygens (including phenoxy) is 3. The Morgan fingerprint density at radius 2 is 2.00 bits per heavy atom. The number of likely N-dealkylation sites (tertiary alicyclic amines) is 1. The van der Waals surface area contributed by atoms with Crippen LogP contribution in [0.25, 0.3) is 0 Å². The summed E-state index contributed by atoms with van der Waals surface area (Å²) in [5.41, 5.74) is 1.10. The Bertz CT molecular complexity index is 572. The molecule has 24 heavy (non-hydrogen) atoms. The van der Waals surface area contributed by atoms with Crippen LogP contribution in [-0.4, -0.2) is 69.3 Å². The van der Waals surface area contributed by atoms with Gasteiger partial charge in [0.25, 0.3) is 0 Å².